The van der Waals surface area contributed by atoms with E-state index in [1.54, 1.807) is 12.2 Å². The molecule has 306 valence electrons. The van der Waals surface area contributed by atoms with E-state index in [1.807, 2.05) is 30.4 Å². The molecule has 10 heteroatoms. The van der Waals surface area contributed by atoms with Crippen LogP contribution < -0.4 is 0 Å². The first-order valence-corrected chi connectivity index (χ1v) is 19.6. The molecule has 55 heavy (non-hydrogen) atoms. The largest absolute Gasteiger partial charge is 0.461 e. The van der Waals surface area contributed by atoms with Crippen LogP contribution in [0.1, 0.15) is 90.9 Å². The van der Waals surface area contributed by atoms with Gasteiger partial charge >= 0.3 is 11.9 Å². The summed E-state index contributed by atoms with van der Waals surface area (Å²) < 4.78 is 21.8. The quantitative estimate of drug-likeness (QED) is 0.0444. The van der Waals surface area contributed by atoms with Crippen molar-refractivity contribution in [2.24, 2.45) is 0 Å². The molecule has 0 spiro atoms. The lowest BCUT2D eigenvalue weighted by Gasteiger charge is -2.39. The van der Waals surface area contributed by atoms with E-state index >= 15 is 0 Å². The summed E-state index contributed by atoms with van der Waals surface area (Å²) in [6, 6.07) is 0. The van der Waals surface area contributed by atoms with Gasteiger partial charge in [0.2, 0.25) is 0 Å². The summed E-state index contributed by atoms with van der Waals surface area (Å²) in [6.45, 7) is 2.94. The molecule has 4 N–H and O–H groups in total. The Morgan fingerprint density at radius 1 is 0.527 bits per heavy atom. The summed E-state index contributed by atoms with van der Waals surface area (Å²) in [5.41, 5.74) is 0. The number of ether oxygens (including phenoxy) is 4. The molecule has 10 nitrogen and oxygen atoms in total. The molecule has 0 bridgehead atoms. The van der Waals surface area contributed by atoms with Crippen molar-refractivity contribution < 1.29 is 49.0 Å². The molecular formula is C45H66O10. The molecule has 1 saturated heterocycles. The lowest BCUT2D eigenvalue weighted by atomic mass is 9.99. The number of hydrogen-bond acceptors (Lipinski definition) is 10. The van der Waals surface area contributed by atoms with Gasteiger partial charge in [-0.25, -0.2) is 0 Å². The Balaban J connectivity index is 2.54. The Kier molecular flexibility index (Phi) is 30.9. The van der Waals surface area contributed by atoms with E-state index in [0.717, 1.165) is 51.4 Å². The zero-order valence-corrected chi connectivity index (χ0v) is 32.9. The monoisotopic (exact) mass is 766 g/mol. The summed E-state index contributed by atoms with van der Waals surface area (Å²) in [7, 11) is 0. The van der Waals surface area contributed by atoms with E-state index in [2.05, 4.69) is 92.8 Å². The maximum atomic E-state index is 12.7. The summed E-state index contributed by atoms with van der Waals surface area (Å²) in [6.07, 6.45) is 41.2. The molecule has 0 aromatic rings. The second-order valence-corrected chi connectivity index (χ2v) is 12.6. The molecule has 1 heterocycles. The van der Waals surface area contributed by atoms with E-state index in [9.17, 15) is 30.0 Å². The van der Waals surface area contributed by atoms with Gasteiger partial charge in [-0.2, -0.15) is 0 Å². The van der Waals surface area contributed by atoms with Crippen LogP contribution >= 0.6 is 0 Å². The van der Waals surface area contributed by atoms with Crippen molar-refractivity contribution >= 4 is 11.9 Å². The Morgan fingerprint density at radius 2 is 0.909 bits per heavy atom. The Labute approximate surface area is 329 Å². The molecule has 1 fully saturated rings. The average Bonchev–Trinajstić information content (AvgIpc) is 3.18. The van der Waals surface area contributed by atoms with Crippen molar-refractivity contribution in [1.82, 2.24) is 0 Å². The fraction of sp³-hybridized carbons (Fsp3) is 0.511. The van der Waals surface area contributed by atoms with E-state index in [0.29, 0.717) is 12.8 Å². The van der Waals surface area contributed by atoms with Crippen LogP contribution in [0.3, 0.4) is 0 Å². The van der Waals surface area contributed by atoms with Gasteiger partial charge in [-0.05, 0) is 64.2 Å². The van der Waals surface area contributed by atoms with Crippen molar-refractivity contribution in [1.29, 1.82) is 0 Å². The first kappa shape index (κ1) is 49.1. The van der Waals surface area contributed by atoms with Gasteiger partial charge in [-0.1, -0.05) is 135 Å². The SMILES string of the molecule is CC/C=C\C/C=C\C/C=C\C/C=C\C/C=C\CC(=O)OCC(COC1OC(CO)C(O)C(O)C1O)OC(=O)C/C=C\C/C=C\C/C=C\C/C=C\C/C=C\CC. The number of esters is 2. The lowest BCUT2D eigenvalue weighted by Crippen LogP contribution is -2.59. The molecule has 0 amide bonds. The first-order chi connectivity index (χ1) is 26.8. The molecule has 0 aromatic heterocycles. The van der Waals surface area contributed by atoms with Crippen molar-refractivity contribution in [2.45, 2.75) is 128 Å². The zero-order chi connectivity index (χ0) is 40.2. The zero-order valence-electron chi connectivity index (χ0n) is 32.9. The van der Waals surface area contributed by atoms with E-state index < -0.39 is 55.4 Å². The van der Waals surface area contributed by atoms with Crippen molar-refractivity contribution in [3.8, 4) is 0 Å². The van der Waals surface area contributed by atoms with Crippen molar-refractivity contribution in [3.05, 3.63) is 122 Å². The molecule has 6 atom stereocenters. The second-order valence-electron chi connectivity index (χ2n) is 12.6. The van der Waals surface area contributed by atoms with Crippen LogP contribution in [-0.2, 0) is 28.5 Å². The molecule has 1 rings (SSSR count). The highest BCUT2D eigenvalue weighted by Gasteiger charge is 2.44. The minimum absolute atomic E-state index is 0.0157. The van der Waals surface area contributed by atoms with E-state index in [-0.39, 0.29) is 26.1 Å². The third-order valence-electron chi connectivity index (χ3n) is 7.91. The summed E-state index contributed by atoms with van der Waals surface area (Å²) >= 11 is 0. The minimum atomic E-state index is -1.63. The van der Waals surface area contributed by atoms with E-state index in [1.165, 1.54) is 0 Å². The molecule has 1 aliphatic rings. The molecule has 6 unspecified atom stereocenters. The second kappa shape index (κ2) is 34.6. The van der Waals surface area contributed by atoms with Gasteiger partial charge in [0.15, 0.2) is 12.4 Å². The van der Waals surface area contributed by atoms with Crippen LogP contribution in [0.15, 0.2) is 122 Å². The fourth-order valence-electron chi connectivity index (χ4n) is 4.86. The number of carbonyl (C=O) groups excluding carboxylic acids is 2. The number of rotatable bonds is 29. The van der Waals surface area contributed by atoms with Crippen LogP contribution in [0.4, 0.5) is 0 Å². The van der Waals surface area contributed by atoms with Gasteiger partial charge < -0.3 is 39.4 Å². The number of carbonyl (C=O) groups is 2. The summed E-state index contributed by atoms with van der Waals surface area (Å²) in [4.78, 5) is 25.1. The first-order valence-electron chi connectivity index (χ1n) is 19.6. The molecular weight excluding hydrogens is 700 g/mol. The van der Waals surface area contributed by atoms with Crippen LogP contribution in [0.5, 0.6) is 0 Å². The van der Waals surface area contributed by atoms with Crippen LogP contribution in [0, 0.1) is 0 Å². The number of allylic oxidation sites excluding steroid dienone is 18. The van der Waals surface area contributed by atoms with Gasteiger partial charge in [0.05, 0.1) is 26.1 Å². The Morgan fingerprint density at radius 3 is 1.31 bits per heavy atom. The minimum Gasteiger partial charge on any atom is -0.461 e. The number of aliphatic hydroxyl groups excluding tert-OH is 4. The smallest absolute Gasteiger partial charge is 0.310 e. The summed E-state index contributed by atoms with van der Waals surface area (Å²) in [5.74, 6) is -1.12. The molecule has 0 aliphatic carbocycles. The van der Waals surface area contributed by atoms with Crippen LogP contribution in [0.25, 0.3) is 0 Å². The van der Waals surface area contributed by atoms with Gasteiger partial charge in [0, 0.05) is 0 Å². The highest BCUT2D eigenvalue weighted by Crippen LogP contribution is 2.22. The Hall–Kier alpha value is -3.90. The molecule has 0 aromatic carbocycles. The Bertz CT molecular complexity index is 1300. The standard InChI is InChI=1S/C45H66O10/c1-3-5-7-9-11-13-15-17-19-21-23-25-27-29-31-33-40(47)52-36-38(37-53-45-44(51)43(50)42(49)39(35-46)55-45)54-41(48)34-32-30-28-26-24-22-20-18-16-14-12-10-8-6-4-2/h5-8,11-14,17-20,23-26,29-32,38-39,42-46,49-51H,3-4,9-10,15-16,21-22,27-28,33-37H2,1-2H3/b7-5-,8-6-,13-11-,14-12-,19-17-,20-18-,25-23-,26-24-,31-29-,32-30-. The highest BCUT2D eigenvalue weighted by molar-refractivity contribution is 5.72. The van der Waals surface area contributed by atoms with Gasteiger partial charge in [0.1, 0.15) is 31.0 Å². The lowest BCUT2D eigenvalue weighted by molar-refractivity contribution is -0.305. The molecule has 0 saturated carbocycles. The number of aliphatic hydroxyl groups is 4. The summed E-state index contributed by atoms with van der Waals surface area (Å²) in [5, 5.41) is 39.9. The predicted molar refractivity (Wildman–Crippen MR) is 219 cm³/mol. The highest BCUT2D eigenvalue weighted by atomic mass is 16.7. The van der Waals surface area contributed by atoms with Crippen LogP contribution in [0.2, 0.25) is 0 Å². The van der Waals surface area contributed by atoms with Gasteiger partial charge in [0.25, 0.3) is 0 Å². The molecule has 1 aliphatic heterocycles. The van der Waals surface area contributed by atoms with Crippen molar-refractivity contribution in [3.63, 3.8) is 0 Å². The topological polar surface area (TPSA) is 152 Å². The van der Waals surface area contributed by atoms with Crippen LogP contribution in [-0.4, -0.2) is 89.0 Å². The third-order valence-corrected chi connectivity index (χ3v) is 7.91. The maximum Gasteiger partial charge on any atom is 0.310 e. The molecule has 0 radical (unpaired) electrons. The fourth-order valence-corrected chi connectivity index (χ4v) is 4.86. The van der Waals surface area contributed by atoms with E-state index in [4.69, 9.17) is 18.9 Å². The van der Waals surface area contributed by atoms with Gasteiger partial charge in [-0.15, -0.1) is 0 Å². The van der Waals surface area contributed by atoms with Gasteiger partial charge in [-0.3, -0.25) is 9.59 Å². The number of hydrogen-bond donors (Lipinski definition) is 4. The average molecular weight is 767 g/mol. The third kappa shape index (κ3) is 26.5. The van der Waals surface area contributed by atoms with Crippen molar-refractivity contribution in [2.75, 3.05) is 19.8 Å². The predicted octanol–water partition coefficient (Wildman–Crippen LogP) is 7.54. The normalized spacial score (nSPS) is 21.9. The maximum absolute atomic E-state index is 12.7.